The second-order valence-electron chi connectivity index (χ2n) is 3.54. The summed E-state index contributed by atoms with van der Waals surface area (Å²) in [5.41, 5.74) is 6.97. The number of nitrogens with zero attached hydrogens (tertiary/aromatic N) is 2. The van der Waals surface area contributed by atoms with Crippen molar-refractivity contribution in [2.24, 2.45) is 12.8 Å². The molecule has 16 heavy (non-hydrogen) atoms. The van der Waals surface area contributed by atoms with E-state index in [1.165, 1.54) is 11.3 Å². The van der Waals surface area contributed by atoms with E-state index in [1.807, 2.05) is 23.9 Å². The Morgan fingerprint density at radius 2 is 2.31 bits per heavy atom. The molecule has 0 saturated heterocycles. The van der Waals surface area contributed by atoms with E-state index in [9.17, 15) is 0 Å². The van der Waals surface area contributed by atoms with Gasteiger partial charge in [-0.15, -0.1) is 11.3 Å². The van der Waals surface area contributed by atoms with Crippen molar-refractivity contribution >= 4 is 34.5 Å². The molecule has 86 valence electrons. The van der Waals surface area contributed by atoms with Crippen molar-refractivity contribution in [3.05, 3.63) is 38.5 Å². The van der Waals surface area contributed by atoms with E-state index >= 15 is 0 Å². The second kappa shape index (κ2) is 4.75. The van der Waals surface area contributed by atoms with E-state index in [2.05, 4.69) is 4.98 Å². The van der Waals surface area contributed by atoms with Gasteiger partial charge in [0.2, 0.25) is 0 Å². The second-order valence-corrected chi connectivity index (χ2v) is 5.83. The van der Waals surface area contributed by atoms with E-state index in [4.69, 9.17) is 28.9 Å². The van der Waals surface area contributed by atoms with Gasteiger partial charge in [0.25, 0.3) is 0 Å². The maximum atomic E-state index is 6.08. The number of nitrogens with two attached hydrogens (primary N) is 1. The van der Waals surface area contributed by atoms with Gasteiger partial charge in [-0.1, -0.05) is 23.2 Å². The lowest BCUT2D eigenvalue weighted by molar-refractivity contribution is 0.661. The molecule has 1 atom stereocenters. The lowest BCUT2D eigenvalue weighted by atomic mass is 10.1. The molecule has 0 aliphatic heterocycles. The van der Waals surface area contributed by atoms with E-state index in [0.717, 1.165) is 11.4 Å². The highest BCUT2D eigenvalue weighted by Crippen LogP contribution is 2.34. The minimum absolute atomic E-state index is 0.169. The van der Waals surface area contributed by atoms with Gasteiger partial charge in [0.15, 0.2) is 0 Å². The number of hydrogen-bond acceptors (Lipinski definition) is 3. The summed E-state index contributed by atoms with van der Waals surface area (Å²) in [6, 6.07) is 1.65. The van der Waals surface area contributed by atoms with E-state index in [1.54, 1.807) is 6.20 Å². The summed E-state index contributed by atoms with van der Waals surface area (Å²) in [5.74, 6) is 0.936. The van der Waals surface area contributed by atoms with Gasteiger partial charge in [-0.05, 0) is 6.07 Å². The van der Waals surface area contributed by atoms with Crippen LogP contribution >= 0.6 is 34.5 Å². The third kappa shape index (κ3) is 2.40. The van der Waals surface area contributed by atoms with Crippen molar-refractivity contribution in [2.75, 3.05) is 0 Å². The Hall–Kier alpha value is -0.550. The fourth-order valence-electron chi connectivity index (χ4n) is 1.51. The molecular formula is C10H11Cl2N3S. The molecule has 2 aromatic heterocycles. The fourth-order valence-corrected chi connectivity index (χ4v) is 3.10. The number of imidazole rings is 1. The highest BCUT2D eigenvalue weighted by atomic mass is 35.5. The molecule has 2 rings (SSSR count). The molecule has 0 aromatic carbocycles. The van der Waals surface area contributed by atoms with E-state index in [0.29, 0.717) is 15.1 Å². The normalized spacial score (nSPS) is 13.0. The lowest BCUT2D eigenvalue weighted by Crippen LogP contribution is -2.15. The molecule has 0 aliphatic carbocycles. The summed E-state index contributed by atoms with van der Waals surface area (Å²) in [5, 5.41) is 0. The lowest BCUT2D eigenvalue weighted by Gasteiger charge is -2.10. The minimum atomic E-state index is -0.169. The first-order valence-corrected chi connectivity index (χ1v) is 6.31. The van der Waals surface area contributed by atoms with Crippen LogP contribution in [0, 0.1) is 0 Å². The summed E-state index contributed by atoms with van der Waals surface area (Å²) in [6.45, 7) is 0. The molecule has 6 heteroatoms. The Bertz CT molecular complexity index is 492. The molecular weight excluding hydrogens is 265 g/mol. The summed E-state index contributed by atoms with van der Waals surface area (Å²) < 4.78 is 3.27. The Kier molecular flexibility index (Phi) is 3.54. The van der Waals surface area contributed by atoms with Crippen molar-refractivity contribution in [1.29, 1.82) is 0 Å². The van der Waals surface area contributed by atoms with Crippen molar-refractivity contribution in [1.82, 2.24) is 9.55 Å². The van der Waals surface area contributed by atoms with Gasteiger partial charge in [-0.2, -0.15) is 0 Å². The Balaban J connectivity index is 2.17. The first-order chi connectivity index (χ1) is 7.58. The molecule has 2 N–H and O–H groups in total. The molecule has 1 unspecified atom stereocenters. The number of aromatic nitrogens is 2. The highest BCUT2D eigenvalue weighted by Gasteiger charge is 2.15. The Morgan fingerprint density at radius 1 is 1.56 bits per heavy atom. The summed E-state index contributed by atoms with van der Waals surface area (Å²) >= 11 is 13.3. The Morgan fingerprint density at radius 3 is 2.81 bits per heavy atom. The SMILES string of the molecule is Cn1ccnc1CC(N)c1cc(Cl)sc1Cl. The van der Waals surface area contributed by atoms with Gasteiger partial charge in [0.1, 0.15) is 5.82 Å². The van der Waals surface area contributed by atoms with Crippen LogP contribution < -0.4 is 5.73 Å². The zero-order valence-electron chi connectivity index (χ0n) is 8.65. The van der Waals surface area contributed by atoms with Gasteiger partial charge in [-0.25, -0.2) is 4.98 Å². The zero-order valence-corrected chi connectivity index (χ0v) is 11.0. The maximum Gasteiger partial charge on any atom is 0.110 e. The molecule has 0 saturated carbocycles. The third-order valence-corrected chi connectivity index (χ3v) is 3.92. The summed E-state index contributed by atoms with van der Waals surface area (Å²) in [6.07, 6.45) is 4.30. The fraction of sp³-hybridized carbons (Fsp3) is 0.300. The van der Waals surface area contributed by atoms with Crippen LogP contribution in [0.4, 0.5) is 0 Å². The van der Waals surface area contributed by atoms with E-state index < -0.39 is 0 Å². The van der Waals surface area contributed by atoms with Crippen LogP contribution in [0.2, 0.25) is 8.67 Å². The largest absolute Gasteiger partial charge is 0.338 e. The quantitative estimate of drug-likeness (QED) is 0.936. The van der Waals surface area contributed by atoms with E-state index in [-0.39, 0.29) is 6.04 Å². The van der Waals surface area contributed by atoms with Gasteiger partial charge in [0, 0.05) is 37.5 Å². The van der Waals surface area contributed by atoms with Crippen LogP contribution in [0.5, 0.6) is 0 Å². The van der Waals surface area contributed by atoms with Crippen LogP contribution in [0.3, 0.4) is 0 Å². The smallest absolute Gasteiger partial charge is 0.110 e. The van der Waals surface area contributed by atoms with Crippen molar-refractivity contribution < 1.29 is 0 Å². The van der Waals surface area contributed by atoms with Crippen LogP contribution in [0.25, 0.3) is 0 Å². The number of thiophene rings is 1. The van der Waals surface area contributed by atoms with Gasteiger partial charge < -0.3 is 10.3 Å². The Labute approximate surface area is 108 Å². The van der Waals surface area contributed by atoms with Crippen LogP contribution in [0.15, 0.2) is 18.5 Å². The van der Waals surface area contributed by atoms with Crippen LogP contribution in [-0.2, 0) is 13.5 Å². The minimum Gasteiger partial charge on any atom is -0.338 e. The third-order valence-electron chi connectivity index (χ3n) is 2.41. The average molecular weight is 276 g/mol. The van der Waals surface area contributed by atoms with Crippen molar-refractivity contribution in [2.45, 2.75) is 12.5 Å². The molecule has 2 aromatic rings. The van der Waals surface area contributed by atoms with Crippen LogP contribution in [0.1, 0.15) is 17.4 Å². The average Bonchev–Trinajstić information content (AvgIpc) is 2.74. The molecule has 0 amide bonds. The predicted molar refractivity (Wildman–Crippen MR) is 68.2 cm³/mol. The number of hydrogen-bond donors (Lipinski definition) is 1. The van der Waals surface area contributed by atoms with Gasteiger partial charge >= 0.3 is 0 Å². The summed E-state index contributed by atoms with van der Waals surface area (Å²) in [4.78, 5) is 4.23. The van der Waals surface area contributed by atoms with Gasteiger partial charge in [0.05, 0.1) is 8.67 Å². The first kappa shape index (κ1) is 11.9. The van der Waals surface area contributed by atoms with Gasteiger partial charge in [-0.3, -0.25) is 0 Å². The topological polar surface area (TPSA) is 43.8 Å². The van der Waals surface area contributed by atoms with Crippen molar-refractivity contribution in [3.63, 3.8) is 0 Å². The molecule has 0 fully saturated rings. The number of halogens is 2. The maximum absolute atomic E-state index is 6.08. The zero-order chi connectivity index (χ0) is 11.7. The monoisotopic (exact) mass is 275 g/mol. The highest BCUT2D eigenvalue weighted by molar-refractivity contribution is 7.20. The number of rotatable bonds is 3. The number of aryl methyl sites for hydroxylation is 1. The van der Waals surface area contributed by atoms with Crippen molar-refractivity contribution in [3.8, 4) is 0 Å². The predicted octanol–water partition coefficient (Wildman–Crippen LogP) is 3.03. The summed E-state index contributed by atoms with van der Waals surface area (Å²) in [7, 11) is 1.94. The van der Waals surface area contributed by atoms with Crippen LogP contribution in [-0.4, -0.2) is 9.55 Å². The molecule has 0 spiro atoms. The first-order valence-electron chi connectivity index (χ1n) is 4.74. The molecule has 0 bridgehead atoms. The molecule has 3 nitrogen and oxygen atoms in total. The molecule has 2 heterocycles. The molecule has 0 aliphatic rings. The molecule has 0 radical (unpaired) electrons. The standard InChI is InChI=1S/C10H11Cl2N3S/c1-15-3-2-14-9(15)5-7(13)6-4-8(11)16-10(6)12/h2-4,7H,5,13H2,1H3.